The van der Waals surface area contributed by atoms with Crippen molar-refractivity contribution in [3.05, 3.63) is 88.3 Å². The van der Waals surface area contributed by atoms with E-state index in [1.54, 1.807) is 48.7 Å². The molecular weight excluding hydrogens is 446 g/mol. The summed E-state index contributed by atoms with van der Waals surface area (Å²) >= 11 is 7.21. The van der Waals surface area contributed by atoms with E-state index in [-0.39, 0.29) is 17.2 Å². The molecule has 2 heterocycles. The number of rotatable bonds is 5. The van der Waals surface area contributed by atoms with Gasteiger partial charge in [-0.05, 0) is 54.6 Å². The van der Waals surface area contributed by atoms with Crippen LogP contribution in [0.1, 0.15) is 0 Å². The maximum absolute atomic E-state index is 13.2. The van der Waals surface area contributed by atoms with Crippen LogP contribution in [0.2, 0.25) is 5.02 Å². The van der Waals surface area contributed by atoms with Crippen molar-refractivity contribution in [1.82, 2.24) is 19.7 Å². The van der Waals surface area contributed by atoms with E-state index in [0.29, 0.717) is 32.5 Å². The fourth-order valence-corrected chi connectivity index (χ4v) is 4.31. The first-order valence-corrected chi connectivity index (χ1v) is 11.1. The Labute approximate surface area is 191 Å². The Morgan fingerprint density at radius 1 is 1.09 bits per heavy atom. The molecule has 5 rings (SSSR count). The van der Waals surface area contributed by atoms with Crippen molar-refractivity contribution in [1.29, 1.82) is 0 Å². The number of aromatic amines is 1. The van der Waals surface area contributed by atoms with Crippen LogP contribution in [0.25, 0.3) is 27.5 Å². The van der Waals surface area contributed by atoms with Gasteiger partial charge in [0.15, 0.2) is 5.16 Å². The molecule has 0 bridgehead atoms. The normalized spacial score (nSPS) is 11.2. The quantitative estimate of drug-likeness (QED) is 0.293. The highest BCUT2D eigenvalue weighted by atomic mass is 35.5. The zero-order valence-electron chi connectivity index (χ0n) is 16.6. The minimum Gasteiger partial charge on any atom is -0.325 e. The van der Waals surface area contributed by atoms with Crippen molar-refractivity contribution >= 4 is 56.8 Å². The first-order valence-electron chi connectivity index (χ1n) is 9.72. The smallest absolute Gasteiger partial charge is 0.266 e. The Morgan fingerprint density at radius 3 is 2.75 bits per heavy atom. The van der Waals surface area contributed by atoms with Crippen LogP contribution in [0, 0.1) is 0 Å². The highest BCUT2D eigenvalue weighted by Crippen LogP contribution is 2.23. The number of halogens is 1. The Bertz CT molecular complexity index is 1510. The number of fused-ring (bicyclic) bond motifs is 2. The van der Waals surface area contributed by atoms with Crippen LogP contribution in [-0.4, -0.2) is 31.4 Å². The molecular formula is C23H16ClN5O2S. The lowest BCUT2D eigenvalue weighted by molar-refractivity contribution is -0.113. The van der Waals surface area contributed by atoms with Crippen LogP contribution in [0.4, 0.5) is 5.69 Å². The van der Waals surface area contributed by atoms with E-state index in [0.717, 1.165) is 10.9 Å². The number of nitrogens with one attached hydrogen (secondary N) is 2. The van der Waals surface area contributed by atoms with E-state index in [4.69, 9.17) is 11.6 Å². The summed E-state index contributed by atoms with van der Waals surface area (Å²) in [6.45, 7) is 0. The largest absolute Gasteiger partial charge is 0.325 e. The van der Waals surface area contributed by atoms with Crippen LogP contribution in [0.5, 0.6) is 0 Å². The summed E-state index contributed by atoms with van der Waals surface area (Å²) in [6, 6.07) is 19.6. The van der Waals surface area contributed by atoms with Gasteiger partial charge in [-0.1, -0.05) is 35.5 Å². The number of carbonyl (C=O) groups excluding carboxylic acids is 1. The van der Waals surface area contributed by atoms with Crippen LogP contribution in [0.15, 0.2) is 82.9 Å². The second-order valence-electron chi connectivity index (χ2n) is 7.04. The number of thioether (sulfide) groups is 1. The fourth-order valence-electron chi connectivity index (χ4n) is 3.37. The zero-order chi connectivity index (χ0) is 22.1. The summed E-state index contributed by atoms with van der Waals surface area (Å²) in [5, 5.41) is 12.2. The van der Waals surface area contributed by atoms with Gasteiger partial charge in [-0.3, -0.25) is 19.3 Å². The van der Waals surface area contributed by atoms with Gasteiger partial charge in [0.25, 0.3) is 5.56 Å². The number of carbonyl (C=O) groups is 1. The van der Waals surface area contributed by atoms with E-state index >= 15 is 0 Å². The van der Waals surface area contributed by atoms with Crippen LogP contribution in [0.3, 0.4) is 0 Å². The van der Waals surface area contributed by atoms with Gasteiger partial charge in [0, 0.05) is 16.1 Å². The summed E-state index contributed by atoms with van der Waals surface area (Å²) < 4.78 is 1.51. The standard InChI is InChI=1S/C23H16ClN5O2S/c24-15-6-9-17(10-7-15)29-22(31)18-3-1-2-4-19(18)27-23(29)32-13-21(30)26-16-8-5-14-12-25-28-20(14)11-16/h1-12H,13H2,(H,25,28)(H,26,30). The molecule has 0 saturated carbocycles. The number of para-hydroxylation sites is 1. The van der Waals surface area contributed by atoms with Crippen molar-refractivity contribution < 1.29 is 4.79 Å². The lowest BCUT2D eigenvalue weighted by atomic mass is 10.2. The Morgan fingerprint density at radius 2 is 1.91 bits per heavy atom. The molecule has 0 saturated heterocycles. The number of anilines is 1. The van der Waals surface area contributed by atoms with Crippen LogP contribution >= 0.6 is 23.4 Å². The molecule has 5 aromatic rings. The third-order valence-electron chi connectivity index (χ3n) is 4.89. The molecule has 3 aromatic carbocycles. The lowest BCUT2D eigenvalue weighted by Gasteiger charge is -2.13. The van der Waals surface area contributed by atoms with E-state index in [1.165, 1.54) is 16.3 Å². The van der Waals surface area contributed by atoms with E-state index < -0.39 is 0 Å². The summed E-state index contributed by atoms with van der Waals surface area (Å²) in [6.07, 6.45) is 1.72. The minimum atomic E-state index is -0.209. The number of hydrogen-bond acceptors (Lipinski definition) is 5. The Balaban J connectivity index is 1.44. The van der Waals surface area contributed by atoms with Gasteiger partial charge in [-0.25, -0.2) is 4.98 Å². The average molecular weight is 462 g/mol. The first kappa shape index (κ1) is 20.3. The predicted octanol–water partition coefficient (Wildman–Crippen LogP) is 4.65. The molecule has 0 fully saturated rings. The van der Waals surface area contributed by atoms with Crippen molar-refractivity contribution in [2.75, 3.05) is 11.1 Å². The second-order valence-corrected chi connectivity index (χ2v) is 8.42. The molecule has 0 spiro atoms. The molecule has 0 aliphatic rings. The summed E-state index contributed by atoms with van der Waals surface area (Å²) in [5.74, 6) is -0.127. The van der Waals surface area contributed by atoms with Gasteiger partial charge < -0.3 is 5.32 Å². The molecule has 0 aliphatic carbocycles. The first-order chi connectivity index (χ1) is 15.6. The van der Waals surface area contributed by atoms with Gasteiger partial charge in [-0.2, -0.15) is 5.10 Å². The van der Waals surface area contributed by atoms with Crippen molar-refractivity contribution in [3.63, 3.8) is 0 Å². The van der Waals surface area contributed by atoms with Crippen LogP contribution in [-0.2, 0) is 4.79 Å². The number of aromatic nitrogens is 4. The summed E-state index contributed by atoms with van der Waals surface area (Å²) in [5.41, 5.74) is 2.50. The highest BCUT2D eigenvalue weighted by molar-refractivity contribution is 7.99. The molecule has 32 heavy (non-hydrogen) atoms. The van der Waals surface area contributed by atoms with E-state index in [1.807, 2.05) is 24.3 Å². The average Bonchev–Trinajstić information content (AvgIpc) is 3.27. The highest BCUT2D eigenvalue weighted by Gasteiger charge is 2.15. The van der Waals surface area contributed by atoms with Gasteiger partial charge in [0.2, 0.25) is 5.91 Å². The fraction of sp³-hybridized carbons (Fsp3) is 0.0435. The number of amides is 1. The lowest BCUT2D eigenvalue weighted by Crippen LogP contribution is -2.23. The monoisotopic (exact) mass is 461 g/mol. The zero-order valence-corrected chi connectivity index (χ0v) is 18.2. The molecule has 0 aliphatic heterocycles. The molecule has 0 unspecified atom stereocenters. The van der Waals surface area contributed by atoms with Crippen molar-refractivity contribution in [2.45, 2.75) is 5.16 Å². The second kappa shape index (κ2) is 8.49. The molecule has 7 nitrogen and oxygen atoms in total. The minimum absolute atomic E-state index is 0.0827. The number of benzene rings is 3. The topological polar surface area (TPSA) is 92.7 Å². The molecule has 0 radical (unpaired) electrons. The Kier molecular flexibility index (Phi) is 5.38. The third-order valence-corrected chi connectivity index (χ3v) is 6.08. The van der Waals surface area contributed by atoms with Crippen LogP contribution < -0.4 is 10.9 Å². The van der Waals surface area contributed by atoms with Crippen molar-refractivity contribution in [3.8, 4) is 5.69 Å². The van der Waals surface area contributed by atoms with Gasteiger partial charge in [0.1, 0.15) is 0 Å². The maximum Gasteiger partial charge on any atom is 0.266 e. The van der Waals surface area contributed by atoms with E-state index in [2.05, 4.69) is 20.5 Å². The number of nitrogens with zero attached hydrogens (tertiary/aromatic N) is 3. The third kappa shape index (κ3) is 3.98. The van der Waals surface area contributed by atoms with Gasteiger partial charge in [0.05, 0.1) is 34.1 Å². The summed E-state index contributed by atoms with van der Waals surface area (Å²) in [7, 11) is 0. The Hall–Kier alpha value is -3.62. The van der Waals surface area contributed by atoms with E-state index in [9.17, 15) is 9.59 Å². The number of H-pyrrole nitrogens is 1. The molecule has 2 aromatic heterocycles. The molecule has 2 N–H and O–H groups in total. The maximum atomic E-state index is 13.2. The molecule has 0 atom stereocenters. The molecule has 9 heteroatoms. The van der Waals surface area contributed by atoms with Gasteiger partial charge in [-0.15, -0.1) is 0 Å². The number of hydrogen-bond donors (Lipinski definition) is 2. The van der Waals surface area contributed by atoms with Gasteiger partial charge >= 0.3 is 0 Å². The molecule has 158 valence electrons. The van der Waals surface area contributed by atoms with Crippen molar-refractivity contribution in [2.24, 2.45) is 0 Å². The SMILES string of the molecule is O=C(CSc1nc2ccccc2c(=O)n1-c1ccc(Cl)cc1)Nc1ccc2cn[nH]c2c1. The molecule has 1 amide bonds. The predicted molar refractivity (Wildman–Crippen MR) is 128 cm³/mol. The summed E-state index contributed by atoms with van der Waals surface area (Å²) in [4.78, 5) is 30.5.